The number of nitrogens with one attached hydrogen (secondary N) is 1. The maximum atomic E-state index is 12.2. The molecule has 1 N–H and O–H groups in total. The molecule has 0 amide bonds. The Kier molecular flexibility index (Phi) is 7.00. The Hall–Kier alpha value is -2.62. The zero-order valence-corrected chi connectivity index (χ0v) is 14.6. The van der Waals surface area contributed by atoms with Crippen molar-refractivity contribution in [2.75, 3.05) is 0 Å². The van der Waals surface area contributed by atoms with Gasteiger partial charge in [-0.1, -0.05) is 58.6 Å². The molecule has 4 nitrogen and oxygen atoms in total. The third-order valence-electron chi connectivity index (χ3n) is 3.07. The lowest BCUT2D eigenvalue weighted by atomic mass is 10.2. The van der Waals surface area contributed by atoms with E-state index in [1.54, 1.807) is 10.5 Å². The molecule has 3 rings (SSSR count). The standard InChI is InChI=1S/C15H13N3O.2C2H6/c1-3-7-10-11(4-2)17-15(19)18-13-9-6-5-8-12(13)16-14(10)18;2*1-2/h3-9H,2H2,1H3,(H,17,19);2*1-2H3/b7-3-;;. The van der Waals surface area contributed by atoms with E-state index in [9.17, 15) is 4.79 Å². The number of imidazole rings is 1. The van der Waals surface area contributed by atoms with Crippen LogP contribution >= 0.6 is 0 Å². The topological polar surface area (TPSA) is 50.2 Å². The molecule has 0 aliphatic heterocycles. The SMILES string of the molecule is C=Cc1[nH]c(=O)n2c(nc3ccccc32)c1/C=C\C.CC.CC. The molecular weight excluding hydrogens is 286 g/mol. The predicted molar refractivity (Wildman–Crippen MR) is 101 cm³/mol. The summed E-state index contributed by atoms with van der Waals surface area (Å²) in [6, 6.07) is 7.59. The highest BCUT2D eigenvalue weighted by atomic mass is 16.1. The van der Waals surface area contributed by atoms with E-state index < -0.39 is 0 Å². The molecule has 122 valence electrons. The first-order valence-corrected chi connectivity index (χ1v) is 8.05. The van der Waals surface area contributed by atoms with E-state index in [1.165, 1.54) is 0 Å². The molecule has 0 spiro atoms. The van der Waals surface area contributed by atoms with Crippen molar-refractivity contribution >= 4 is 28.8 Å². The highest BCUT2D eigenvalue weighted by molar-refractivity contribution is 5.85. The molecule has 0 aliphatic carbocycles. The summed E-state index contributed by atoms with van der Waals surface area (Å²) >= 11 is 0. The Labute approximate surface area is 137 Å². The number of allylic oxidation sites excluding steroid dienone is 1. The Bertz CT molecular complexity index is 869. The van der Waals surface area contributed by atoms with E-state index in [4.69, 9.17) is 0 Å². The van der Waals surface area contributed by atoms with Crippen LogP contribution in [0.3, 0.4) is 0 Å². The quantitative estimate of drug-likeness (QED) is 0.731. The van der Waals surface area contributed by atoms with Crippen molar-refractivity contribution in [1.29, 1.82) is 0 Å². The number of rotatable bonds is 2. The van der Waals surface area contributed by atoms with Gasteiger partial charge in [-0.05, 0) is 25.1 Å². The number of para-hydroxylation sites is 2. The molecule has 0 saturated carbocycles. The van der Waals surface area contributed by atoms with E-state index in [0.29, 0.717) is 11.3 Å². The van der Waals surface area contributed by atoms with E-state index in [2.05, 4.69) is 16.5 Å². The predicted octanol–water partition coefficient (Wildman–Crippen LogP) is 4.90. The first kappa shape index (κ1) is 18.4. The second kappa shape index (κ2) is 8.73. The van der Waals surface area contributed by atoms with Gasteiger partial charge in [-0.15, -0.1) is 0 Å². The fraction of sp³-hybridized carbons (Fsp3) is 0.263. The molecule has 2 heterocycles. The Morgan fingerprint density at radius 2 is 1.83 bits per heavy atom. The van der Waals surface area contributed by atoms with Crippen LogP contribution in [0.15, 0.2) is 41.7 Å². The van der Waals surface area contributed by atoms with E-state index in [0.717, 1.165) is 16.6 Å². The molecule has 0 saturated heterocycles. The van der Waals surface area contributed by atoms with Gasteiger partial charge < -0.3 is 4.98 Å². The molecule has 0 unspecified atom stereocenters. The average Bonchev–Trinajstić information content (AvgIpc) is 3.01. The summed E-state index contributed by atoms with van der Waals surface area (Å²) in [4.78, 5) is 19.6. The summed E-state index contributed by atoms with van der Waals surface area (Å²) in [7, 11) is 0. The second-order valence-corrected chi connectivity index (χ2v) is 4.22. The Balaban J connectivity index is 0.000000615. The fourth-order valence-corrected chi connectivity index (χ4v) is 2.26. The third-order valence-corrected chi connectivity index (χ3v) is 3.07. The molecule has 0 fully saturated rings. The van der Waals surface area contributed by atoms with E-state index >= 15 is 0 Å². The van der Waals surface area contributed by atoms with E-state index in [-0.39, 0.29) is 5.69 Å². The Morgan fingerprint density at radius 1 is 1.17 bits per heavy atom. The lowest BCUT2D eigenvalue weighted by Gasteiger charge is -2.03. The number of aromatic amines is 1. The molecule has 2 aromatic heterocycles. The molecular formula is C19H25N3O. The van der Waals surface area contributed by atoms with Crippen molar-refractivity contribution in [2.24, 2.45) is 0 Å². The zero-order chi connectivity index (χ0) is 17.4. The van der Waals surface area contributed by atoms with Gasteiger partial charge in [0.1, 0.15) is 0 Å². The Morgan fingerprint density at radius 3 is 2.43 bits per heavy atom. The number of hydrogen-bond donors (Lipinski definition) is 1. The molecule has 0 atom stereocenters. The summed E-state index contributed by atoms with van der Waals surface area (Å²) in [5, 5.41) is 0. The second-order valence-electron chi connectivity index (χ2n) is 4.22. The van der Waals surface area contributed by atoms with Gasteiger partial charge in [0.15, 0.2) is 5.65 Å². The first-order valence-electron chi connectivity index (χ1n) is 8.05. The van der Waals surface area contributed by atoms with Gasteiger partial charge in [-0.3, -0.25) is 0 Å². The monoisotopic (exact) mass is 311 g/mol. The maximum absolute atomic E-state index is 12.2. The van der Waals surface area contributed by atoms with Crippen LogP contribution < -0.4 is 5.69 Å². The van der Waals surface area contributed by atoms with Crippen LogP contribution in [0.5, 0.6) is 0 Å². The van der Waals surface area contributed by atoms with Crippen LogP contribution in [0.1, 0.15) is 45.9 Å². The van der Waals surface area contributed by atoms with Crippen LogP contribution in [0.2, 0.25) is 0 Å². The minimum absolute atomic E-state index is 0.202. The molecule has 1 aromatic carbocycles. The van der Waals surface area contributed by atoms with E-state index in [1.807, 2.05) is 71.0 Å². The number of fused-ring (bicyclic) bond motifs is 3. The van der Waals surface area contributed by atoms with Crippen molar-refractivity contribution in [3.05, 3.63) is 58.7 Å². The van der Waals surface area contributed by atoms with Crippen LogP contribution in [-0.2, 0) is 0 Å². The number of H-pyrrole nitrogens is 1. The zero-order valence-electron chi connectivity index (χ0n) is 14.6. The van der Waals surface area contributed by atoms with Gasteiger partial charge >= 0.3 is 5.69 Å². The number of benzene rings is 1. The van der Waals surface area contributed by atoms with Crippen molar-refractivity contribution < 1.29 is 0 Å². The van der Waals surface area contributed by atoms with Crippen LogP contribution in [0.4, 0.5) is 0 Å². The average molecular weight is 311 g/mol. The summed E-state index contributed by atoms with van der Waals surface area (Å²) in [6.45, 7) is 13.7. The van der Waals surface area contributed by atoms with Gasteiger partial charge in [-0.2, -0.15) is 0 Å². The number of nitrogens with zero attached hydrogens (tertiary/aromatic N) is 2. The summed E-state index contributed by atoms with van der Waals surface area (Å²) in [5.41, 5.74) is 3.61. The van der Waals surface area contributed by atoms with Crippen LogP contribution in [0.25, 0.3) is 28.8 Å². The molecule has 23 heavy (non-hydrogen) atoms. The van der Waals surface area contributed by atoms with Gasteiger partial charge in [0.25, 0.3) is 0 Å². The number of hydrogen-bond acceptors (Lipinski definition) is 2. The summed E-state index contributed by atoms with van der Waals surface area (Å²) < 4.78 is 1.59. The van der Waals surface area contributed by atoms with Crippen LogP contribution in [0, 0.1) is 0 Å². The molecule has 3 aromatic rings. The van der Waals surface area contributed by atoms with Crippen molar-refractivity contribution in [3.63, 3.8) is 0 Å². The van der Waals surface area contributed by atoms with Gasteiger partial charge in [0.05, 0.1) is 16.7 Å². The van der Waals surface area contributed by atoms with Gasteiger partial charge in [-0.25, -0.2) is 14.2 Å². The molecule has 0 bridgehead atoms. The largest absolute Gasteiger partial charge is 0.332 e. The first-order chi connectivity index (χ1) is 11.3. The summed E-state index contributed by atoms with van der Waals surface area (Å²) in [6.07, 6.45) is 5.48. The lowest BCUT2D eigenvalue weighted by Crippen LogP contribution is -2.18. The van der Waals surface area contributed by atoms with Crippen molar-refractivity contribution in [1.82, 2.24) is 14.4 Å². The molecule has 4 heteroatoms. The lowest BCUT2D eigenvalue weighted by molar-refractivity contribution is 1.01. The molecule has 0 aliphatic rings. The van der Waals surface area contributed by atoms with Crippen molar-refractivity contribution in [3.8, 4) is 0 Å². The third kappa shape index (κ3) is 3.42. The van der Waals surface area contributed by atoms with Crippen LogP contribution in [-0.4, -0.2) is 14.4 Å². The highest BCUT2D eigenvalue weighted by Crippen LogP contribution is 2.20. The maximum Gasteiger partial charge on any atom is 0.332 e. The molecule has 0 radical (unpaired) electrons. The smallest absolute Gasteiger partial charge is 0.306 e. The number of aromatic nitrogens is 3. The fourth-order valence-electron chi connectivity index (χ4n) is 2.26. The normalized spacial score (nSPS) is 10.1. The van der Waals surface area contributed by atoms with Gasteiger partial charge in [0, 0.05) is 5.56 Å². The van der Waals surface area contributed by atoms with Crippen molar-refractivity contribution in [2.45, 2.75) is 34.6 Å². The minimum Gasteiger partial charge on any atom is -0.306 e. The highest BCUT2D eigenvalue weighted by Gasteiger charge is 2.12. The summed E-state index contributed by atoms with van der Waals surface area (Å²) in [5.74, 6) is 0. The minimum atomic E-state index is -0.202. The van der Waals surface area contributed by atoms with Gasteiger partial charge in [0.2, 0.25) is 0 Å².